The molecule has 0 saturated carbocycles. The van der Waals surface area contributed by atoms with Crippen LogP contribution in [0.4, 0.5) is 0 Å². The van der Waals surface area contributed by atoms with Crippen molar-refractivity contribution >= 4 is 11.3 Å². The van der Waals surface area contributed by atoms with E-state index < -0.39 is 0 Å². The molecule has 1 atom stereocenters. The average Bonchev–Trinajstić information content (AvgIpc) is 2.76. The summed E-state index contributed by atoms with van der Waals surface area (Å²) in [6.07, 6.45) is 2.08. The van der Waals surface area contributed by atoms with Crippen LogP contribution in [0, 0.1) is 0 Å². The lowest BCUT2D eigenvalue weighted by Crippen LogP contribution is -2.24. The van der Waals surface area contributed by atoms with E-state index in [0.29, 0.717) is 12.0 Å². The second-order valence-corrected chi connectivity index (χ2v) is 6.17. The third-order valence-corrected chi connectivity index (χ3v) is 4.19. The standard InChI is InChI=1S/C14H26N2OS/c1-6-11(4)15-9-12-14(10(2)3)16-13(18-12)7-8-17-5/h10-11,15H,6-9H2,1-5H3. The van der Waals surface area contributed by atoms with Gasteiger partial charge < -0.3 is 10.1 Å². The molecule has 0 aliphatic heterocycles. The molecule has 1 rings (SSSR count). The minimum atomic E-state index is 0.492. The fraction of sp³-hybridized carbons (Fsp3) is 0.786. The summed E-state index contributed by atoms with van der Waals surface area (Å²) in [6.45, 7) is 10.5. The minimum absolute atomic E-state index is 0.492. The van der Waals surface area contributed by atoms with Crippen molar-refractivity contribution in [2.75, 3.05) is 13.7 Å². The van der Waals surface area contributed by atoms with Gasteiger partial charge in [-0.25, -0.2) is 4.98 Å². The predicted molar refractivity (Wildman–Crippen MR) is 78.4 cm³/mol. The van der Waals surface area contributed by atoms with Gasteiger partial charge in [-0.3, -0.25) is 0 Å². The van der Waals surface area contributed by atoms with Crippen molar-refractivity contribution in [1.82, 2.24) is 10.3 Å². The number of methoxy groups -OCH3 is 1. The zero-order valence-electron chi connectivity index (χ0n) is 12.2. The number of hydrogen-bond acceptors (Lipinski definition) is 4. The maximum Gasteiger partial charge on any atom is 0.0954 e. The smallest absolute Gasteiger partial charge is 0.0954 e. The first-order valence-corrected chi connectivity index (χ1v) is 7.60. The van der Waals surface area contributed by atoms with Gasteiger partial charge in [-0.05, 0) is 19.3 Å². The molecular weight excluding hydrogens is 244 g/mol. The summed E-state index contributed by atoms with van der Waals surface area (Å²) < 4.78 is 5.12. The van der Waals surface area contributed by atoms with Crippen LogP contribution in [0.15, 0.2) is 0 Å². The summed E-state index contributed by atoms with van der Waals surface area (Å²) in [5.74, 6) is 0.492. The van der Waals surface area contributed by atoms with Crippen LogP contribution in [-0.4, -0.2) is 24.7 Å². The zero-order valence-corrected chi connectivity index (χ0v) is 13.1. The minimum Gasteiger partial charge on any atom is -0.384 e. The maximum atomic E-state index is 5.12. The highest BCUT2D eigenvalue weighted by Crippen LogP contribution is 2.25. The number of ether oxygens (including phenoxy) is 1. The molecule has 1 unspecified atom stereocenters. The van der Waals surface area contributed by atoms with Crippen molar-refractivity contribution in [3.8, 4) is 0 Å². The largest absolute Gasteiger partial charge is 0.384 e. The molecule has 1 aromatic heterocycles. The second-order valence-electron chi connectivity index (χ2n) is 5.00. The lowest BCUT2D eigenvalue weighted by atomic mass is 10.1. The number of rotatable bonds is 8. The third kappa shape index (κ3) is 4.67. The number of nitrogens with zero attached hydrogens (tertiary/aromatic N) is 1. The van der Waals surface area contributed by atoms with E-state index in [1.165, 1.54) is 15.6 Å². The summed E-state index contributed by atoms with van der Waals surface area (Å²) in [5.41, 5.74) is 1.25. The Morgan fingerprint density at radius 1 is 1.33 bits per heavy atom. The van der Waals surface area contributed by atoms with Gasteiger partial charge in [0.05, 0.1) is 17.3 Å². The van der Waals surface area contributed by atoms with Crippen LogP contribution >= 0.6 is 11.3 Å². The van der Waals surface area contributed by atoms with Gasteiger partial charge in [0.2, 0.25) is 0 Å². The molecule has 0 fully saturated rings. The summed E-state index contributed by atoms with van der Waals surface area (Å²) in [7, 11) is 1.74. The van der Waals surface area contributed by atoms with Crippen LogP contribution in [0.1, 0.15) is 55.6 Å². The first kappa shape index (κ1) is 15.6. The molecule has 0 amide bonds. The Bertz CT molecular complexity index is 350. The number of thiazole rings is 1. The third-order valence-electron chi connectivity index (χ3n) is 3.06. The van der Waals surface area contributed by atoms with Crippen molar-refractivity contribution in [2.24, 2.45) is 0 Å². The monoisotopic (exact) mass is 270 g/mol. The molecule has 18 heavy (non-hydrogen) atoms. The fourth-order valence-corrected chi connectivity index (χ4v) is 2.85. The van der Waals surface area contributed by atoms with E-state index >= 15 is 0 Å². The van der Waals surface area contributed by atoms with Gasteiger partial charge in [0, 0.05) is 31.0 Å². The lowest BCUT2D eigenvalue weighted by Gasteiger charge is -2.11. The highest BCUT2D eigenvalue weighted by molar-refractivity contribution is 7.11. The molecule has 0 aliphatic rings. The highest BCUT2D eigenvalue weighted by Gasteiger charge is 2.14. The summed E-state index contributed by atoms with van der Waals surface area (Å²) >= 11 is 1.83. The van der Waals surface area contributed by atoms with Gasteiger partial charge in [-0.1, -0.05) is 20.8 Å². The maximum absolute atomic E-state index is 5.12. The van der Waals surface area contributed by atoms with Crippen molar-refractivity contribution in [3.63, 3.8) is 0 Å². The van der Waals surface area contributed by atoms with Crippen LogP contribution in [0.25, 0.3) is 0 Å². The Hall–Kier alpha value is -0.450. The summed E-state index contributed by atoms with van der Waals surface area (Å²) in [5, 5.41) is 4.75. The van der Waals surface area contributed by atoms with Crippen molar-refractivity contribution in [3.05, 3.63) is 15.6 Å². The van der Waals surface area contributed by atoms with Gasteiger partial charge in [-0.2, -0.15) is 0 Å². The van der Waals surface area contributed by atoms with E-state index in [0.717, 1.165) is 26.0 Å². The topological polar surface area (TPSA) is 34.1 Å². The van der Waals surface area contributed by atoms with Gasteiger partial charge in [0.1, 0.15) is 0 Å². The molecule has 0 aromatic carbocycles. The fourth-order valence-electron chi connectivity index (χ4n) is 1.70. The van der Waals surface area contributed by atoms with Gasteiger partial charge in [0.15, 0.2) is 0 Å². The normalized spacial score (nSPS) is 13.2. The van der Waals surface area contributed by atoms with Crippen LogP contribution in [-0.2, 0) is 17.7 Å². The van der Waals surface area contributed by atoms with E-state index in [-0.39, 0.29) is 0 Å². The quantitative estimate of drug-likeness (QED) is 0.786. The first-order valence-electron chi connectivity index (χ1n) is 6.79. The Morgan fingerprint density at radius 2 is 2.06 bits per heavy atom. The summed E-state index contributed by atoms with van der Waals surface area (Å²) in [6, 6.07) is 0.564. The van der Waals surface area contributed by atoms with Crippen molar-refractivity contribution in [1.29, 1.82) is 0 Å². The van der Waals surface area contributed by atoms with E-state index in [2.05, 4.69) is 33.0 Å². The molecule has 0 bridgehead atoms. The highest BCUT2D eigenvalue weighted by atomic mass is 32.1. The molecule has 0 radical (unpaired) electrons. The number of aromatic nitrogens is 1. The predicted octanol–water partition coefficient (Wildman–Crippen LogP) is 3.34. The van der Waals surface area contributed by atoms with Gasteiger partial charge >= 0.3 is 0 Å². The molecule has 3 nitrogen and oxygen atoms in total. The van der Waals surface area contributed by atoms with E-state index in [9.17, 15) is 0 Å². The average molecular weight is 270 g/mol. The Morgan fingerprint density at radius 3 is 2.61 bits per heavy atom. The van der Waals surface area contributed by atoms with E-state index in [1.807, 2.05) is 11.3 Å². The number of nitrogens with one attached hydrogen (secondary N) is 1. The number of hydrogen-bond donors (Lipinski definition) is 1. The molecular formula is C14H26N2OS. The Balaban J connectivity index is 2.71. The molecule has 0 aliphatic carbocycles. The van der Waals surface area contributed by atoms with Crippen LogP contribution in [0.3, 0.4) is 0 Å². The van der Waals surface area contributed by atoms with Crippen molar-refractivity contribution in [2.45, 2.75) is 59.0 Å². The van der Waals surface area contributed by atoms with Gasteiger partial charge in [-0.15, -0.1) is 11.3 Å². The van der Waals surface area contributed by atoms with E-state index in [4.69, 9.17) is 9.72 Å². The van der Waals surface area contributed by atoms with Crippen LogP contribution < -0.4 is 5.32 Å². The summed E-state index contributed by atoms with van der Waals surface area (Å²) in [4.78, 5) is 6.14. The molecule has 4 heteroatoms. The second kappa shape index (κ2) is 7.87. The van der Waals surface area contributed by atoms with Crippen LogP contribution in [0.5, 0.6) is 0 Å². The molecule has 0 spiro atoms. The Labute approximate surface area is 115 Å². The molecule has 1 N–H and O–H groups in total. The lowest BCUT2D eigenvalue weighted by molar-refractivity contribution is 0.202. The molecule has 0 saturated heterocycles. The van der Waals surface area contributed by atoms with E-state index in [1.54, 1.807) is 7.11 Å². The SMILES string of the molecule is CCC(C)NCc1sc(CCOC)nc1C(C)C. The van der Waals surface area contributed by atoms with Gasteiger partial charge in [0.25, 0.3) is 0 Å². The Kier molecular flexibility index (Phi) is 6.82. The van der Waals surface area contributed by atoms with Crippen LogP contribution in [0.2, 0.25) is 0 Å². The molecule has 1 heterocycles. The first-order chi connectivity index (χ1) is 8.58. The van der Waals surface area contributed by atoms with Crippen molar-refractivity contribution < 1.29 is 4.74 Å². The zero-order chi connectivity index (χ0) is 13.5. The molecule has 1 aromatic rings. The molecule has 104 valence electrons.